The smallest absolute Gasteiger partial charge is 0.0701 e. The number of hydrogen-bond acceptors (Lipinski definition) is 0. The lowest BCUT2D eigenvalue weighted by Gasteiger charge is -2.37. The Labute approximate surface area is 367 Å². The van der Waals surface area contributed by atoms with E-state index in [1.807, 2.05) is 0 Å². The van der Waals surface area contributed by atoms with Gasteiger partial charge in [-0.2, -0.15) is 0 Å². The van der Waals surface area contributed by atoms with Crippen molar-refractivity contribution in [1.29, 1.82) is 0 Å². The van der Waals surface area contributed by atoms with Gasteiger partial charge in [0.1, 0.15) is 0 Å². The molecule has 0 fully saturated rings. The lowest BCUT2D eigenvalue weighted by molar-refractivity contribution is 0.746. The quantitative estimate of drug-likeness (QED) is 0.135. The summed E-state index contributed by atoms with van der Waals surface area (Å²) in [5, 5.41) is 4.97. The standard InChI is InChI=1S/C61H42N2/c1-5-18-43(19-6-1)46-34-38-59-55(41-46)56-42-50(61(47-21-7-2-8-22-47,48-23-9-3-10-24-48)49-25-11-4-12-26-49)35-39-60(56)62(59)51-36-32-44(33-37-51)45-20-17-27-52(40-45)63-57-30-15-13-28-53(57)54-29-14-16-31-58(54)63/h1-42H. The van der Waals surface area contributed by atoms with Gasteiger partial charge in [0.2, 0.25) is 0 Å². The van der Waals surface area contributed by atoms with Crippen LogP contribution in [0.4, 0.5) is 0 Å². The minimum Gasteiger partial charge on any atom is -0.309 e. The highest BCUT2D eigenvalue weighted by Gasteiger charge is 2.38. The number of fused-ring (bicyclic) bond motifs is 6. The number of hydrogen-bond donors (Lipinski definition) is 0. The summed E-state index contributed by atoms with van der Waals surface area (Å²) < 4.78 is 4.83. The maximum atomic E-state index is 2.46. The van der Waals surface area contributed by atoms with Gasteiger partial charge in [-0.15, -0.1) is 0 Å². The minimum atomic E-state index is -0.557. The van der Waals surface area contributed by atoms with Crippen LogP contribution in [0, 0.1) is 0 Å². The molecule has 2 aromatic heterocycles. The summed E-state index contributed by atoms with van der Waals surface area (Å²) in [6.45, 7) is 0. The van der Waals surface area contributed by atoms with Gasteiger partial charge in [0.15, 0.2) is 0 Å². The van der Waals surface area contributed by atoms with Gasteiger partial charge < -0.3 is 9.13 Å². The van der Waals surface area contributed by atoms with Crippen LogP contribution < -0.4 is 0 Å². The average Bonchev–Trinajstić information content (AvgIpc) is 3.88. The van der Waals surface area contributed by atoms with Gasteiger partial charge >= 0.3 is 0 Å². The molecular weight excluding hydrogens is 761 g/mol. The molecule has 0 saturated carbocycles. The monoisotopic (exact) mass is 802 g/mol. The van der Waals surface area contributed by atoms with E-state index in [4.69, 9.17) is 0 Å². The molecular formula is C61H42N2. The van der Waals surface area contributed by atoms with E-state index in [0.717, 1.165) is 11.4 Å². The SMILES string of the molecule is c1ccc(-c2ccc3c(c2)c2cc(C(c4ccccc4)(c4ccccc4)c4ccccc4)ccc2n3-c2ccc(-c3cccc(-n4c5ccccc5c5ccccc54)c3)cc2)cc1. The van der Waals surface area contributed by atoms with Crippen LogP contribution >= 0.6 is 0 Å². The highest BCUT2D eigenvalue weighted by Crippen LogP contribution is 2.47. The number of benzene rings is 10. The van der Waals surface area contributed by atoms with Gasteiger partial charge in [-0.25, -0.2) is 0 Å². The van der Waals surface area contributed by atoms with Crippen LogP contribution in [0.3, 0.4) is 0 Å². The number of rotatable bonds is 8. The molecule has 12 rings (SSSR count). The van der Waals surface area contributed by atoms with E-state index in [0.29, 0.717) is 0 Å². The number of aromatic nitrogens is 2. The van der Waals surface area contributed by atoms with Gasteiger partial charge in [-0.3, -0.25) is 0 Å². The Morgan fingerprint density at radius 1 is 0.222 bits per heavy atom. The summed E-state index contributed by atoms with van der Waals surface area (Å²) in [4.78, 5) is 0. The van der Waals surface area contributed by atoms with Crippen LogP contribution in [-0.4, -0.2) is 9.13 Å². The zero-order valence-corrected chi connectivity index (χ0v) is 34.6. The van der Waals surface area contributed by atoms with Crippen molar-refractivity contribution < 1.29 is 0 Å². The summed E-state index contributed by atoms with van der Waals surface area (Å²) in [6, 6.07) is 93.3. The Hall–Kier alpha value is -8.20. The van der Waals surface area contributed by atoms with Crippen molar-refractivity contribution in [3.8, 4) is 33.6 Å². The van der Waals surface area contributed by atoms with E-state index in [1.54, 1.807) is 0 Å². The largest absolute Gasteiger partial charge is 0.309 e. The molecule has 0 aliphatic carbocycles. The molecule has 296 valence electrons. The first-order valence-corrected chi connectivity index (χ1v) is 21.8. The fourth-order valence-corrected chi connectivity index (χ4v) is 10.2. The van der Waals surface area contributed by atoms with Crippen LogP contribution in [0.15, 0.2) is 255 Å². The van der Waals surface area contributed by atoms with Gasteiger partial charge in [0, 0.05) is 32.9 Å². The van der Waals surface area contributed by atoms with Gasteiger partial charge in [-0.05, 0) is 105 Å². The Bertz CT molecular complexity index is 3430. The van der Waals surface area contributed by atoms with Gasteiger partial charge in [0.25, 0.3) is 0 Å². The molecule has 10 aromatic carbocycles. The predicted octanol–water partition coefficient (Wildman–Crippen LogP) is 15.6. The summed E-state index contributed by atoms with van der Waals surface area (Å²) in [5.74, 6) is 0. The molecule has 2 heterocycles. The molecule has 0 atom stereocenters. The molecule has 12 aromatic rings. The second kappa shape index (κ2) is 15.1. The molecule has 0 unspecified atom stereocenters. The molecule has 0 aliphatic rings. The number of nitrogens with zero attached hydrogens (tertiary/aromatic N) is 2. The van der Waals surface area contributed by atoms with Gasteiger partial charge in [0.05, 0.1) is 27.5 Å². The normalized spacial score (nSPS) is 11.8. The maximum absolute atomic E-state index is 2.46. The minimum absolute atomic E-state index is 0.557. The Morgan fingerprint density at radius 3 is 1.22 bits per heavy atom. The fourth-order valence-electron chi connectivity index (χ4n) is 10.2. The van der Waals surface area contributed by atoms with Crippen molar-refractivity contribution in [3.63, 3.8) is 0 Å². The molecule has 0 radical (unpaired) electrons. The van der Waals surface area contributed by atoms with E-state index >= 15 is 0 Å². The highest BCUT2D eigenvalue weighted by molar-refractivity contribution is 6.11. The summed E-state index contributed by atoms with van der Waals surface area (Å²) in [7, 11) is 0. The second-order valence-corrected chi connectivity index (χ2v) is 16.5. The van der Waals surface area contributed by atoms with Crippen LogP contribution in [0.2, 0.25) is 0 Å². The summed E-state index contributed by atoms with van der Waals surface area (Å²) in [6.07, 6.45) is 0. The van der Waals surface area contributed by atoms with Crippen LogP contribution in [0.5, 0.6) is 0 Å². The Kier molecular flexibility index (Phi) is 8.76. The number of para-hydroxylation sites is 2. The molecule has 0 aliphatic heterocycles. The van der Waals surface area contributed by atoms with E-state index in [9.17, 15) is 0 Å². The molecule has 0 spiro atoms. The van der Waals surface area contributed by atoms with Crippen LogP contribution in [0.1, 0.15) is 22.3 Å². The van der Waals surface area contributed by atoms with Crippen molar-refractivity contribution in [3.05, 3.63) is 277 Å². The van der Waals surface area contributed by atoms with E-state index < -0.39 is 5.41 Å². The molecule has 0 saturated heterocycles. The third kappa shape index (κ3) is 5.95. The van der Waals surface area contributed by atoms with E-state index in [2.05, 4.69) is 264 Å². The topological polar surface area (TPSA) is 9.86 Å². The molecule has 0 amide bonds. The predicted molar refractivity (Wildman–Crippen MR) is 264 cm³/mol. The van der Waals surface area contributed by atoms with Crippen molar-refractivity contribution in [1.82, 2.24) is 9.13 Å². The lowest BCUT2D eigenvalue weighted by atomic mass is 9.65. The van der Waals surface area contributed by atoms with E-state index in [-0.39, 0.29) is 0 Å². The highest BCUT2D eigenvalue weighted by atomic mass is 15.0. The third-order valence-corrected chi connectivity index (χ3v) is 13.1. The molecule has 2 nitrogen and oxygen atoms in total. The maximum Gasteiger partial charge on any atom is 0.0701 e. The first-order valence-electron chi connectivity index (χ1n) is 21.8. The molecule has 0 bridgehead atoms. The van der Waals surface area contributed by atoms with Crippen molar-refractivity contribution in [2.45, 2.75) is 5.41 Å². The zero-order chi connectivity index (χ0) is 41.7. The van der Waals surface area contributed by atoms with Crippen LogP contribution in [0.25, 0.3) is 77.2 Å². The molecule has 2 heteroatoms. The lowest BCUT2D eigenvalue weighted by Crippen LogP contribution is -2.30. The van der Waals surface area contributed by atoms with Crippen LogP contribution in [-0.2, 0) is 5.41 Å². The van der Waals surface area contributed by atoms with Crippen molar-refractivity contribution >= 4 is 43.6 Å². The van der Waals surface area contributed by atoms with Gasteiger partial charge in [-0.1, -0.05) is 194 Å². The van der Waals surface area contributed by atoms with E-state index in [1.165, 1.54) is 88.1 Å². The average molecular weight is 803 g/mol. The van der Waals surface area contributed by atoms with Crippen molar-refractivity contribution in [2.75, 3.05) is 0 Å². The molecule has 63 heavy (non-hydrogen) atoms. The van der Waals surface area contributed by atoms with Crippen molar-refractivity contribution in [2.24, 2.45) is 0 Å². The summed E-state index contributed by atoms with van der Waals surface area (Å²) in [5.41, 5.74) is 16.2. The molecule has 0 N–H and O–H groups in total. The Balaban J connectivity index is 1.04. The summed E-state index contributed by atoms with van der Waals surface area (Å²) >= 11 is 0. The zero-order valence-electron chi connectivity index (χ0n) is 34.6. The first-order chi connectivity index (χ1) is 31.3. The third-order valence-electron chi connectivity index (χ3n) is 13.1. The second-order valence-electron chi connectivity index (χ2n) is 16.5. The first kappa shape index (κ1) is 36.6. The Morgan fingerprint density at radius 2 is 0.635 bits per heavy atom. The fraction of sp³-hybridized carbons (Fsp3) is 0.0164.